The fourth-order valence-corrected chi connectivity index (χ4v) is 3.06. The summed E-state index contributed by atoms with van der Waals surface area (Å²) in [6, 6.07) is 2.42. The highest BCUT2D eigenvalue weighted by atomic mass is 32.1. The summed E-state index contributed by atoms with van der Waals surface area (Å²) in [5, 5.41) is 10.3. The van der Waals surface area contributed by atoms with E-state index in [4.69, 9.17) is 4.74 Å². The maximum Gasteiger partial charge on any atom is 0.318 e. The molecule has 1 fully saturated rings. The van der Waals surface area contributed by atoms with Crippen molar-refractivity contribution in [3.63, 3.8) is 0 Å². The molecule has 3 heterocycles. The lowest BCUT2D eigenvalue weighted by Crippen LogP contribution is -2.46. The van der Waals surface area contributed by atoms with Crippen LogP contribution >= 0.6 is 11.3 Å². The van der Waals surface area contributed by atoms with Gasteiger partial charge in [-0.2, -0.15) is 4.98 Å². The second kappa shape index (κ2) is 5.80. The first-order valence-electron chi connectivity index (χ1n) is 6.85. The van der Waals surface area contributed by atoms with Crippen LogP contribution in [-0.2, 0) is 0 Å². The zero-order valence-electron chi connectivity index (χ0n) is 12.4. The van der Waals surface area contributed by atoms with Gasteiger partial charge in [-0.05, 0) is 13.8 Å². The van der Waals surface area contributed by atoms with Crippen molar-refractivity contribution >= 4 is 22.3 Å². The standard InChI is InChI=1S/C13H18N6OS/c1-9-8-11(15-12(14-9)20-3)18-4-6-19(7-5-18)13-17-16-10(2)21-13/h8H,4-7H2,1-3H3. The minimum absolute atomic E-state index is 0.423. The fraction of sp³-hybridized carbons (Fsp3) is 0.538. The number of piperazine rings is 1. The molecule has 0 atom stereocenters. The Morgan fingerprint density at radius 2 is 1.76 bits per heavy atom. The summed E-state index contributed by atoms with van der Waals surface area (Å²) in [6.45, 7) is 7.57. The van der Waals surface area contributed by atoms with Crippen molar-refractivity contribution in [2.45, 2.75) is 13.8 Å². The van der Waals surface area contributed by atoms with Gasteiger partial charge in [-0.1, -0.05) is 11.3 Å². The van der Waals surface area contributed by atoms with Gasteiger partial charge in [0.15, 0.2) is 0 Å². The molecule has 2 aromatic heterocycles. The van der Waals surface area contributed by atoms with Gasteiger partial charge in [0.1, 0.15) is 10.8 Å². The second-order valence-corrected chi connectivity index (χ2v) is 6.09. The van der Waals surface area contributed by atoms with E-state index in [2.05, 4.69) is 30.0 Å². The van der Waals surface area contributed by atoms with Crippen LogP contribution in [0.1, 0.15) is 10.7 Å². The molecule has 1 saturated heterocycles. The Morgan fingerprint density at radius 1 is 1.05 bits per heavy atom. The Bertz CT molecular complexity index is 623. The molecule has 1 aliphatic rings. The maximum atomic E-state index is 5.14. The molecule has 21 heavy (non-hydrogen) atoms. The predicted molar refractivity (Wildman–Crippen MR) is 82.4 cm³/mol. The monoisotopic (exact) mass is 306 g/mol. The average molecular weight is 306 g/mol. The number of ether oxygens (including phenoxy) is 1. The number of rotatable bonds is 3. The van der Waals surface area contributed by atoms with Crippen LogP contribution in [0.2, 0.25) is 0 Å². The van der Waals surface area contributed by atoms with Crippen LogP contribution in [-0.4, -0.2) is 53.5 Å². The molecule has 0 aliphatic carbocycles. The van der Waals surface area contributed by atoms with E-state index in [1.807, 2.05) is 19.9 Å². The van der Waals surface area contributed by atoms with E-state index in [1.54, 1.807) is 18.4 Å². The van der Waals surface area contributed by atoms with Gasteiger partial charge in [0, 0.05) is 37.9 Å². The topological polar surface area (TPSA) is 67.3 Å². The predicted octanol–water partition coefficient (Wildman–Crippen LogP) is 1.28. The Balaban J connectivity index is 1.69. The summed E-state index contributed by atoms with van der Waals surface area (Å²) >= 11 is 1.64. The van der Waals surface area contributed by atoms with E-state index in [9.17, 15) is 0 Å². The molecule has 3 rings (SSSR count). The summed E-state index contributed by atoms with van der Waals surface area (Å²) in [5.74, 6) is 0.924. The average Bonchev–Trinajstić information content (AvgIpc) is 2.93. The molecule has 0 aromatic carbocycles. The van der Waals surface area contributed by atoms with Crippen molar-refractivity contribution in [2.24, 2.45) is 0 Å². The highest BCUT2D eigenvalue weighted by Gasteiger charge is 2.21. The highest BCUT2D eigenvalue weighted by Crippen LogP contribution is 2.23. The van der Waals surface area contributed by atoms with Crippen LogP contribution in [0.15, 0.2) is 6.07 Å². The fourth-order valence-electron chi connectivity index (χ4n) is 2.32. The summed E-state index contributed by atoms with van der Waals surface area (Å²) in [5.41, 5.74) is 0.916. The van der Waals surface area contributed by atoms with Crippen molar-refractivity contribution in [1.82, 2.24) is 20.2 Å². The zero-order valence-corrected chi connectivity index (χ0v) is 13.2. The van der Waals surface area contributed by atoms with Gasteiger partial charge in [0.2, 0.25) is 5.13 Å². The molecule has 0 unspecified atom stereocenters. The Morgan fingerprint density at radius 3 is 2.38 bits per heavy atom. The van der Waals surface area contributed by atoms with Crippen LogP contribution < -0.4 is 14.5 Å². The van der Waals surface area contributed by atoms with E-state index >= 15 is 0 Å². The maximum absolute atomic E-state index is 5.14. The lowest BCUT2D eigenvalue weighted by Gasteiger charge is -2.35. The largest absolute Gasteiger partial charge is 0.467 e. The van der Waals surface area contributed by atoms with Crippen molar-refractivity contribution < 1.29 is 4.74 Å². The van der Waals surface area contributed by atoms with Crippen molar-refractivity contribution in [3.05, 3.63) is 16.8 Å². The van der Waals surface area contributed by atoms with E-state index in [0.29, 0.717) is 6.01 Å². The molecular formula is C13H18N6OS. The number of methoxy groups -OCH3 is 1. The van der Waals surface area contributed by atoms with Crippen molar-refractivity contribution in [1.29, 1.82) is 0 Å². The van der Waals surface area contributed by atoms with Gasteiger partial charge >= 0.3 is 6.01 Å². The van der Waals surface area contributed by atoms with Crippen molar-refractivity contribution in [2.75, 3.05) is 43.1 Å². The molecule has 112 valence electrons. The SMILES string of the molecule is COc1nc(C)cc(N2CCN(c3nnc(C)s3)CC2)n1. The molecule has 7 nitrogen and oxygen atoms in total. The molecule has 1 aliphatic heterocycles. The third kappa shape index (κ3) is 3.05. The van der Waals surface area contributed by atoms with E-state index in [1.165, 1.54) is 0 Å². The summed E-state index contributed by atoms with van der Waals surface area (Å²) < 4.78 is 5.14. The second-order valence-electron chi connectivity index (χ2n) is 4.93. The normalized spacial score (nSPS) is 15.4. The number of aryl methyl sites for hydroxylation is 2. The van der Waals surface area contributed by atoms with Gasteiger partial charge in [-0.25, -0.2) is 4.98 Å². The molecular weight excluding hydrogens is 288 g/mol. The first kappa shape index (κ1) is 14.0. The Kier molecular flexibility index (Phi) is 3.87. The van der Waals surface area contributed by atoms with Gasteiger partial charge in [-0.15, -0.1) is 10.2 Å². The molecule has 0 saturated carbocycles. The van der Waals surface area contributed by atoms with Crippen LogP contribution in [0.5, 0.6) is 6.01 Å². The lowest BCUT2D eigenvalue weighted by atomic mass is 10.3. The molecule has 0 radical (unpaired) electrons. The quantitative estimate of drug-likeness (QED) is 0.846. The minimum atomic E-state index is 0.423. The van der Waals surface area contributed by atoms with Crippen molar-refractivity contribution in [3.8, 4) is 6.01 Å². The Labute approximate surface area is 127 Å². The van der Waals surface area contributed by atoms with E-state index in [-0.39, 0.29) is 0 Å². The third-order valence-electron chi connectivity index (χ3n) is 3.39. The lowest BCUT2D eigenvalue weighted by molar-refractivity contribution is 0.378. The molecule has 2 aromatic rings. The number of aromatic nitrogens is 4. The first-order valence-corrected chi connectivity index (χ1v) is 7.67. The van der Waals surface area contributed by atoms with Crippen LogP contribution in [0.25, 0.3) is 0 Å². The van der Waals surface area contributed by atoms with Gasteiger partial charge < -0.3 is 14.5 Å². The van der Waals surface area contributed by atoms with E-state index < -0.39 is 0 Å². The summed E-state index contributed by atoms with van der Waals surface area (Å²) in [7, 11) is 1.59. The summed E-state index contributed by atoms with van der Waals surface area (Å²) in [6.07, 6.45) is 0. The van der Waals surface area contributed by atoms with Gasteiger partial charge in [0.05, 0.1) is 7.11 Å². The minimum Gasteiger partial charge on any atom is -0.467 e. The highest BCUT2D eigenvalue weighted by molar-refractivity contribution is 7.15. The zero-order chi connectivity index (χ0) is 14.8. The molecule has 8 heteroatoms. The first-order chi connectivity index (χ1) is 10.2. The Hall–Kier alpha value is -1.96. The smallest absolute Gasteiger partial charge is 0.318 e. The molecule has 0 amide bonds. The number of hydrogen-bond donors (Lipinski definition) is 0. The number of nitrogens with zero attached hydrogens (tertiary/aromatic N) is 6. The van der Waals surface area contributed by atoms with Crippen LogP contribution in [0.4, 0.5) is 10.9 Å². The van der Waals surface area contributed by atoms with Gasteiger partial charge in [-0.3, -0.25) is 0 Å². The van der Waals surface area contributed by atoms with E-state index in [0.717, 1.165) is 47.8 Å². The third-order valence-corrected chi connectivity index (χ3v) is 4.29. The molecule has 0 spiro atoms. The van der Waals surface area contributed by atoms with Gasteiger partial charge in [0.25, 0.3) is 0 Å². The van der Waals surface area contributed by atoms with Crippen LogP contribution in [0, 0.1) is 13.8 Å². The molecule has 0 bridgehead atoms. The van der Waals surface area contributed by atoms with Crippen LogP contribution in [0.3, 0.4) is 0 Å². The molecule has 0 N–H and O–H groups in total. The summed E-state index contributed by atoms with van der Waals surface area (Å²) in [4.78, 5) is 13.2. The number of hydrogen-bond acceptors (Lipinski definition) is 8. The number of anilines is 2.